The van der Waals surface area contributed by atoms with Gasteiger partial charge in [0, 0.05) is 30.6 Å². The number of ether oxygens (including phenoxy) is 1. The number of hydrogen-bond acceptors (Lipinski definition) is 3. The molecule has 6 aliphatic carbocycles. The maximum atomic E-state index is 12.1. The smallest absolute Gasteiger partial charge is 0.306 e. The first kappa shape index (κ1) is 15.5. The fraction of sp³-hybridized carbons (Fsp3) is 0.750. The SMILES string of the molecule is CC12CCC(=O)C=C1C1CC1C1C2CCC2(C)C1C1C=C1C21CCC(=O)O1. The summed E-state index contributed by atoms with van der Waals surface area (Å²) in [5.74, 6) is 4.51. The number of rotatable bonds is 0. The van der Waals surface area contributed by atoms with Gasteiger partial charge in [0.1, 0.15) is 5.60 Å². The van der Waals surface area contributed by atoms with Crippen LogP contribution in [0.3, 0.4) is 0 Å². The summed E-state index contributed by atoms with van der Waals surface area (Å²) in [5.41, 5.74) is 3.08. The Hall–Kier alpha value is -1.38. The molecule has 9 atom stereocenters. The summed E-state index contributed by atoms with van der Waals surface area (Å²) in [6.45, 7) is 4.93. The molecule has 3 heteroatoms. The number of carbonyl (C=O) groups excluding carboxylic acids is 2. The summed E-state index contributed by atoms with van der Waals surface area (Å²) in [6, 6.07) is 0. The van der Waals surface area contributed by atoms with Gasteiger partial charge in [-0.3, -0.25) is 9.59 Å². The van der Waals surface area contributed by atoms with Crippen molar-refractivity contribution in [2.75, 3.05) is 0 Å². The molecule has 1 spiro atoms. The van der Waals surface area contributed by atoms with Crippen molar-refractivity contribution >= 4 is 11.8 Å². The van der Waals surface area contributed by atoms with Gasteiger partial charge in [-0.25, -0.2) is 0 Å². The lowest BCUT2D eigenvalue weighted by Gasteiger charge is -2.59. The maximum Gasteiger partial charge on any atom is 0.306 e. The minimum atomic E-state index is -0.270. The van der Waals surface area contributed by atoms with Crippen molar-refractivity contribution in [1.29, 1.82) is 0 Å². The highest BCUT2D eigenvalue weighted by molar-refractivity contribution is 5.92. The fourth-order valence-corrected chi connectivity index (χ4v) is 9.13. The van der Waals surface area contributed by atoms with Crippen molar-refractivity contribution in [3.05, 3.63) is 23.3 Å². The molecule has 0 aromatic heterocycles. The summed E-state index contributed by atoms with van der Waals surface area (Å²) >= 11 is 0. The van der Waals surface area contributed by atoms with Gasteiger partial charge in [0.15, 0.2) is 5.78 Å². The molecule has 0 aromatic rings. The third-order valence-corrected chi connectivity index (χ3v) is 10.4. The van der Waals surface area contributed by atoms with Crippen LogP contribution in [0.5, 0.6) is 0 Å². The average molecular weight is 364 g/mol. The standard InChI is InChI=1S/C24H28O3/c1-22-6-3-12(25)9-17(22)13-10-14(13)20-16(22)4-7-23(2)21(20)15-11-18(15)24(23)8-5-19(26)27-24/h9,11,13-16,20-21H,3-8,10H2,1-2H3. The molecule has 9 unspecified atom stereocenters. The maximum absolute atomic E-state index is 12.1. The van der Waals surface area contributed by atoms with Gasteiger partial charge < -0.3 is 4.74 Å². The van der Waals surface area contributed by atoms with E-state index in [1.807, 2.05) is 6.08 Å². The minimum absolute atomic E-state index is 0.0152. The Balaban J connectivity index is 1.34. The molecule has 142 valence electrons. The number of fused-ring (bicyclic) bond motifs is 12. The lowest BCUT2D eigenvalue weighted by atomic mass is 9.45. The monoisotopic (exact) mass is 364 g/mol. The Morgan fingerprint density at radius 3 is 2.70 bits per heavy atom. The van der Waals surface area contributed by atoms with Gasteiger partial charge in [-0.1, -0.05) is 25.5 Å². The van der Waals surface area contributed by atoms with Crippen LogP contribution in [0.4, 0.5) is 0 Å². The van der Waals surface area contributed by atoms with Gasteiger partial charge >= 0.3 is 5.97 Å². The second-order valence-corrected chi connectivity index (χ2v) is 11.1. The predicted molar refractivity (Wildman–Crippen MR) is 99.5 cm³/mol. The Bertz CT molecular complexity index is 882. The van der Waals surface area contributed by atoms with Crippen molar-refractivity contribution in [3.8, 4) is 0 Å². The van der Waals surface area contributed by atoms with Gasteiger partial charge in [0.25, 0.3) is 0 Å². The number of hydrogen-bond donors (Lipinski definition) is 0. The number of esters is 1. The van der Waals surface area contributed by atoms with Crippen molar-refractivity contribution < 1.29 is 14.3 Å². The molecule has 0 amide bonds. The zero-order valence-electron chi connectivity index (χ0n) is 16.3. The summed E-state index contributed by atoms with van der Waals surface area (Å²) in [5, 5.41) is 0. The number of carbonyl (C=O) groups is 2. The van der Waals surface area contributed by atoms with Crippen molar-refractivity contribution in [2.45, 2.75) is 64.4 Å². The molecule has 0 aromatic carbocycles. The molecule has 3 nitrogen and oxygen atoms in total. The summed E-state index contributed by atoms with van der Waals surface area (Å²) in [6.07, 6.45) is 11.5. The molecule has 7 rings (SSSR count). The first-order chi connectivity index (χ1) is 12.9. The topological polar surface area (TPSA) is 43.4 Å². The summed E-state index contributed by atoms with van der Waals surface area (Å²) in [7, 11) is 0. The second kappa shape index (κ2) is 4.28. The molecule has 1 saturated heterocycles. The van der Waals surface area contributed by atoms with Crippen LogP contribution >= 0.6 is 0 Å². The molecule has 1 heterocycles. The number of ketones is 1. The normalized spacial score (nSPS) is 59.0. The Kier molecular flexibility index (Phi) is 2.46. The molecule has 4 saturated carbocycles. The van der Waals surface area contributed by atoms with Gasteiger partial charge in [0.05, 0.1) is 0 Å². The Morgan fingerprint density at radius 1 is 1.07 bits per heavy atom. The van der Waals surface area contributed by atoms with Crippen LogP contribution in [-0.2, 0) is 14.3 Å². The highest BCUT2D eigenvalue weighted by atomic mass is 16.6. The Morgan fingerprint density at radius 2 is 1.93 bits per heavy atom. The number of allylic oxidation sites excluding steroid dienone is 2. The molecule has 0 bridgehead atoms. The van der Waals surface area contributed by atoms with E-state index in [9.17, 15) is 9.59 Å². The largest absolute Gasteiger partial charge is 0.454 e. The van der Waals surface area contributed by atoms with E-state index < -0.39 is 0 Å². The van der Waals surface area contributed by atoms with Gasteiger partial charge in [0.2, 0.25) is 0 Å². The second-order valence-electron chi connectivity index (χ2n) is 11.1. The minimum Gasteiger partial charge on any atom is -0.454 e. The van der Waals surface area contributed by atoms with E-state index in [2.05, 4.69) is 19.9 Å². The third-order valence-electron chi connectivity index (χ3n) is 10.4. The summed E-state index contributed by atoms with van der Waals surface area (Å²) < 4.78 is 6.15. The van der Waals surface area contributed by atoms with Crippen LogP contribution in [0, 0.1) is 46.3 Å². The molecule has 0 radical (unpaired) electrons. The van der Waals surface area contributed by atoms with Crippen LogP contribution in [0.25, 0.3) is 0 Å². The lowest BCUT2D eigenvalue weighted by Crippen LogP contribution is -2.56. The zero-order valence-corrected chi connectivity index (χ0v) is 16.3. The van der Waals surface area contributed by atoms with E-state index in [-0.39, 0.29) is 22.4 Å². The van der Waals surface area contributed by atoms with E-state index in [1.54, 1.807) is 0 Å². The Labute approximate surface area is 160 Å². The van der Waals surface area contributed by atoms with Crippen molar-refractivity contribution in [3.63, 3.8) is 0 Å². The van der Waals surface area contributed by atoms with Crippen LogP contribution in [0.15, 0.2) is 23.3 Å². The van der Waals surface area contributed by atoms with E-state index in [0.717, 1.165) is 31.1 Å². The fourth-order valence-electron chi connectivity index (χ4n) is 9.13. The molecule has 5 fully saturated rings. The summed E-state index contributed by atoms with van der Waals surface area (Å²) in [4.78, 5) is 24.3. The third kappa shape index (κ3) is 1.53. The van der Waals surface area contributed by atoms with Crippen LogP contribution in [0.1, 0.15) is 58.8 Å². The van der Waals surface area contributed by atoms with Gasteiger partial charge in [-0.05, 0) is 72.3 Å². The first-order valence-corrected chi connectivity index (χ1v) is 11.1. The first-order valence-electron chi connectivity index (χ1n) is 11.1. The zero-order chi connectivity index (χ0) is 18.3. The van der Waals surface area contributed by atoms with Gasteiger partial charge in [-0.15, -0.1) is 0 Å². The highest BCUT2D eigenvalue weighted by Gasteiger charge is 2.77. The van der Waals surface area contributed by atoms with E-state index in [0.29, 0.717) is 35.9 Å². The molecule has 0 N–H and O–H groups in total. The van der Waals surface area contributed by atoms with Gasteiger partial charge in [-0.2, -0.15) is 0 Å². The molecule has 7 aliphatic rings. The quantitative estimate of drug-likeness (QED) is 0.477. The van der Waals surface area contributed by atoms with Crippen molar-refractivity contribution in [2.24, 2.45) is 46.3 Å². The molecular weight excluding hydrogens is 336 g/mol. The van der Waals surface area contributed by atoms with Crippen LogP contribution in [-0.4, -0.2) is 17.4 Å². The van der Waals surface area contributed by atoms with E-state index in [1.165, 1.54) is 30.4 Å². The van der Waals surface area contributed by atoms with Crippen LogP contribution in [0.2, 0.25) is 0 Å². The van der Waals surface area contributed by atoms with Crippen LogP contribution < -0.4 is 0 Å². The van der Waals surface area contributed by atoms with E-state index >= 15 is 0 Å². The molecular formula is C24H28O3. The van der Waals surface area contributed by atoms with Crippen molar-refractivity contribution in [1.82, 2.24) is 0 Å². The van der Waals surface area contributed by atoms with E-state index in [4.69, 9.17) is 4.74 Å². The predicted octanol–water partition coefficient (Wildman–Crippen LogP) is 4.23. The lowest BCUT2D eigenvalue weighted by molar-refractivity contribution is -0.165. The molecule has 27 heavy (non-hydrogen) atoms. The highest BCUT2D eigenvalue weighted by Crippen LogP contribution is 2.80. The average Bonchev–Trinajstić information content (AvgIpc) is 3.53. The molecule has 1 aliphatic heterocycles.